The Morgan fingerprint density at radius 1 is 1.16 bits per heavy atom. The fraction of sp³-hybridized carbons (Fsp3) is 0.357. The molecular formula is C14H18N4O. The molecule has 100 valence electrons. The van der Waals surface area contributed by atoms with Crippen molar-refractivity contribution >= 4 is 5.95 Å². The van der Waals surface area contributed by atoms with Crippen molar-refractivity contribution in [3.63, 3.8) is 0 Å². The first kappa shape index (κ1) is 13.3. The standard InChI is InChI=1S/C14H18N4O/c1-5-15-13-16-12(17-14(18-13)19-4)11-8-6-7-9(2)10(11)3/h6-8H,5H2,1-4H3,(H,15,16,17,18). The van der Waals surface area contributed by atoms with Gasteiger partial charge in [-0.3, -0.25) is 0 Å². The van der Waals surface area contributed by atoms with E-state index >= 15 is 0 Å². The summed E-state index contributed by atoms with van der Waals surface area (Å²) in [6.07, 6.45) is 0. The molecule has 5 heteroatoms. The van der Waals surface area contributed by atoms with Gasteiger partial charge in [0.25, 0.3) is 0 Å². The monoisotopic (exact) mass is 258 g/mol. The van der Waals surface area contributed by atoms with Gasteiger partial charge in [0, 0.05) is 12.1 Å². The molecule has 0 atom stereocenters. The average molecular weight is 258 g/mol. The van der Waals surface area contributed by atoms with Gasteiger partial charge in [-0.25, -0.2) is 0 Å². The molecule has 1 aromatic heterocycles. The van der Waals surface area contributed by atoms with Gasteiger partial charge in [0.15, 0.2) is 5.82 Å². The molecule has 5 nitrogen and oxygen atoms in total. The molecule has 0 saturated carbocycles. The van der Waals surface area contributed by atoms with Gasteiger partial charge in [-0.05, 0) is 31.9 Å². The molecule has 0 unspecified atom stereocenters. The van der Waals surface area contributed by atoms with Gasteiger partial charge in [-0.2, -0.15) is 15.0 Å². The number of aromatic nitrogens is 3. The molecule has 0 bridgehead atoms. The number of benzene rings is 1. The van der Waals surface area contributed by atoms with Crippen LogP contribution in [0.2, 0.25) is 0 Å². The molecule has 19 heavy (non-hydrogen) atoms. The van der Waals surface area contributed by atoms with Crippen LogP contribution in [-0.2, 0) is 0 Å². The zero-order chi connectivity index (χ0) is 13.8. The van der Waals surface area contributed by atoms with Crippen LogP contribution in [0.25, 0.3) is 11.4 Å². The van der Waals surface area contributed by atoms with Crippen molar-refractivity contribution in [1.29, 1.82) is 0 Å². The Bertz CT molecular complexity index is 584. The fourth-order valence-electron chi connectivity index (χ4n) is 1.80. The van der Waals surface area contributed by atoms with Crippen LogP contribution in [0.1, 0.15) is 18.1 Å². The first-order chi connectivity index (χ1) is 9.15. The van der Waals surface area contributed by atoms with Gasteiger partial charge >= 0.3 is 6.01 Å². The zero-order valence-electron chi connectivity index (χ0n) is 11.7. The van der Waals surface area contributed by atoms with Crippen molar-refractivity contribution in [2.24, 2.45) is 0 Å². The third-order valence-electron chi connectivity index (χ3n) is 2.98. The van der Waals surface area contributed by atoms with Crippen molar-refractivity contribution in [3.8, 4) is 17.4 Å². The van der Waals surface area contributed by atoms with Crippen LogP contribution in [0.15, 0.2) is 18.2 Å². The zero-order valence-corrected chi connectivity index (χ0v) is 11.7. The molecule has 1 aromatic carbocycles. The van der Waals surface area contributed by atoms with E-state index in [0.29, 0.717) is 17.8 Å². The number of nitrogens with zero attached hydrogens (tertiary/aromatic N) is 3. The number of nitrogens with one attached hydrogen (secondary N) is 1. The van der Waals surface area contributed by atoms with E-state index < -0.39 is 0 Å². The maximum Gasteiger partial charge on any atom is 0.321 e. The van der Waals surface area contributed by atoms with E-state index in [9.17, 15) is 0 Å². The molecule has 2 aromatic rings. The number of aryl methyl sites for hydroxylation is 1. The number of hydrogen-bond donors (Lipinski definition) is 1. The van der Waals surface area contributed by atoms with Crippen LogP contribution >= 0.6 is 0 Å². The van der Waals surface area contributed by atoms with E-state index in [2.05, 4.69) is 40.2 Å². The van der Waals surface area contributed by atoms with Crippen LogP contribution < -0.4 is 10.1 Å². The first-order valence-corrected chi connectivity index (χ1v) is 6.26. The topological polar surface area (TPSA) is 59.9 Å². The summed E-state index contributed by atoms with van der Waals surface area (Å²) in [5.41, 5.74) is 3.37. The minimum atomic E-state index is 0.321. The highest BCUT2D eigenvalue weighted by atomic mass is 16.5. The van der Waals surface area contributed by atoms with E-state index in [-0.39, 0.29) is 0 Å². The minimum Gasteiger partial charge on any atom is -0.467 e. The predicted octanol–water partition coefficient (Wildman–Crippen LogP) is 2.60. The third-order valence-corrected chi connectivity index (χ3v) is 2.98. The lowest BCUT2D eigenvalue weighted by Gasteiger charge is -2.10. The van der Waals surface area contributed by atoms with Crippen LogP contribution in [-0.4, -0.2) is 28.6 Å². The van der Waals surface area contributed by atoms with Crippen LogP contribution in [0.5, 0.6) is 6.01 Å². The van der Waals surface area contributed by atoms with E-state index in [4.69, 9.17) is 4.74 Å². The van der Waals surface area contributed by atoms with Crippen molar-refractivity contribution in [2.45, 2.75) is 20.8 Å². The molecule has 1 N–H and O–H groups in total. The number of anilines is 1. The molecule has 1 heterocycles. The second-order valence-corrected chi connectivity index (χ2v) is 4.25. The summed E-state index contributed by atoms with van der Waals surface area (Å²) < 4.78 is 5.13. The largest absolute Gasteiger partial charge is 0.467 e. The summed E-state index contributed by atoms with van der Waals surface area (Å²) in [6, 6.07) is 6.40. The molecular weight excluding hydrogens is 240 g/mol. The average Bonchev–Trinajstić information content (AvgIpc) is 2.42. The van der Waals surface area contributed by atoms with Crippen molar-refractivity contribution in [1.82, 2.24) is 15.0 Å². The molecule has 0 aliphatic heterocycles. The molecule has 0 saturated heterocycles. The van der Waals surface area contributed by atoms with E-state index in [1.54, 1.807) is 7.11 Å². The van der Waals surface area contributed by atoms with E-state index in [0.717, 1.165) is 12.1 Å². The predicted molar refractivity (Wildman–Crippen MR) is 75.5 cm³/mol. The Kier molecular flexibility index (Phi) is 3.94. The highest BCUT2D eigenvalue weighted by Gasteiger charge is 2.11. The highest BCUT2D eigenvalue weighted by molar-refractivity contribution is 5.62. The molecule has 0 radical (unpaired) electrons. The van der Waals surface area contributed by atoms with Crippen LogP contribution in [0.4, 0.5) is 5.95 Å². The van der Waals surface area contributed by atoms with Gasteiger partial charge in [0.2, 0.25) is 5.95 Å². The normalized spacial score (nSPS) is 10.3. The SMILES string of the molecule is CCNc1nc(OC)nc(-c2cccc(C)c2C)n1. The number of rotatable bonds is 4. The second kappa shape index (κ2) is 5.65. The quantitative estimate of drug-likeness (QED) is 0.913. The lowest BCUT2D eigenvalue weighted by molar-refractivity contribution is 0.379. The summed E-state index contributed by atoms with van der Waals surface area (Å²) in [5.74, 6) is 1.16. The van der Waals surface area contributed by atoms with Crippen LogP contribution in [0.3, 0.4) is 0 Å². The third kappa shape index (κ3) is 2.81. The Morgan fingerprint density at radius 2 is 1.95 bits per heavy atom. The number of hydrogen-bond acceptors (Lipinski definition) is 5. The van der Waals surface area contributed by atoms with Gasteiger partial charge < -0.3 is 10.1 Å². The van der Waals surface area contributed by atoms with E-state index in [1.165, 1.54) is 11.1 Å². The summed E-state index contributed by atoms with van der Waals surface area (Å²) >= 11 is 0. The first-order valence-electron chi connectivity index (χ1n) is 6.26. The highest BCUT2D eigenvalue weighted by Crippen LogP contribution is 2.24. The van der Waals surface area contributed by atoms with Crippen LogP contribution in [0, 0.1) is 13.8 Å². The maximum absolute atomic E-state index is 5.13. The minimum absolute atomic E-state index is 0.321. The summed E-state index contributed by atoms with van der Waals surface area (Å²) in [5, 5.41) is 3.08. The Morgan fingerprint density at radius 3 is 2.63 bits per heavy atom. The molecule has 0 spiro atoms. The number of ether oxygens (including phenoxy) is 1. The Hall–Kier alpha value is -2.17. The van der Waals surface area contributed by atoms with Crippen molar-refractivity contribution < 1.29 is 4.74 Å². The second-order valence-electron chi connectivity index (χ2n) is 4.25. The molecule has 2 rings (SSSR count). The fourth-order valence-corrected chi connectivity index (χ4v) is 1.80. The smallest absolute Gasteiger partial charge is 0.321 e. The van der Waals surface area contributed by atoms with Crippen molar-refractivity contribution in [3.05, 3.63) is 29.3 Å². The van der Waals surface area contributed by atoms with Gasteiger partial charge in [0.05, 0.1) is 7.11 Å². The maximum atomic E-state index is 5.13. The van der Waals surface area contributed by atoms with Gasteiger partial charge in [-0.1, -0.05) is 18.2 Å². The summed E-state index contributed by atoms with van der Waals surface area (Å²) in [7, 11) is 1.55. The molecule has 0 fully saturated rings. The van der Waals surface area contributed by atoms with Crippen molar-refractivity contribution in [2.75, 3.05) is 19.0 Å². The summed E-state index contributed by atoms with van der Waals surface area (Å²) in [6.45, 7) is 6.88. The lowest BCUT2D eigenvalue weighted by atomic mass is 10.0. The summed E-state index contributed by atoms with van der Waals surface area (Å²) in [4.78, 5) is 12.9. The molecule has 0 aliphatic rings. The Balaban J connectivity index is 2.54. The lowest BCUT2D eigenvalue weighted by Crippen LogP contribution is -2.06. The van der Waals surface area contributed by atoms with E-state index in [1.807, 2.05) is 19.1 Å². The van der Waals surface area contributed by atoms with Gasteiger partial charge in [-0.15, -0.1) is 0 Å². The molecule has 0 aliphatic carbocycles. The Labute approximate surface area is 113 Å². The number of methoxy groups -OCH3 is 1. The molecule has 0 amide bonds. The van der Waals surface area contributed by atoms with Gasteiger partial charge in [0.1, 0.15) is 0 Å².